The summed E-state index contributed by atoms with van der Waals surface area (Å²) in [5.74, 6) is 1.26. The van der Waals surface area contributed by atoms with E-state index in [-0.39, 0.29) is 5.91 Å². The quantitative estimate of drug-likeness (QED) is 0.750. The smallest absolute Gasteiger partial charge is 0.255 e. The number of aryl methyl sites for hydroxylation is 1. The summed E-state index contributed by atoms with van der Waals surface area (Å²) in [4.78, 5) is 23.9. The Bertz CT molecular complexity index is 930. The molecule has 140 valence electrons. The van der Waals surface area contributed by atoms with E-state index < -0.39 is 0 Å². The number of benzene rings is 1. The zero-order chi connectivity index (χ0) is 18.6. The molecule has 27 heavy (non-hydrogen) atoms. The molecule has 6 heteroatoms. The highest BCUT2D eigenvalue weighted by atomic mass is 16.3. The highest BCUT2D eigenvalue weighted by molar-refractivity contribution is 6.10. The Labute approximate surface area is 158 Å². The zero-order valence-electron chi connectivity index (χ0n) is 15.6. The van der Waals surface area contributed by atoms with Crippen molar-refractivity contribution in [3.8, 4) is 0 Å². The summed E-state index contributed by atoms with van der Waals surface area (Å²) in [6.45, 7) is 4.28. The second kappa shape index (κ2) is 7.78. The van der Waals surface area contributed by atoms with Crippen molar-refractivity contribution in [2.45, 2.75) is 32.6 Å². The molecule has 1 fully saturated rings. The third kappa shape index (κ3) is 3.65. The number of nitrogens with one attached hydrogen (secondary N) is 1. The number of hydrogen-bond acceptors (Lipinski definition) is 5. The molecule has 1 aliphatic rings. The molecule has 1 aromatic carbocycles. The first kappa shape index (κ1) is 17.5. The number of hydrogen-bond donors (Lipinski definition) is 1. The van der Waals surface area contributed by atoms with Crippen LogP contribution in [-0.4, -0.2) is 35.5 Å². The van der Waals surface area contributed by atoms with Crippen LogP contribution in [0.15, 0.2) is 41.1 Å². The molecule has 0 atom stereocenters. The molecule has 1 aliphatic heterocycles. The van der Waals surface area contributed by atoms with Gasteiger partial charge in [0.25, 0.3) is 5.91 Å². The number of piperidine rings is 1. The molecule has 0 spiro atoms. The van der Waals surface area contributed by atoms with E-state index in [1.807, 2.05) is 25.1 Å². The molecule has 4 rings (SSSR count). The van der Waals surface area contributed by atoms with E-state index in [0.29, 0.717) is 23.6 Å². The van der Waals surface area contributed by atoms with Gasteiger partial charge in [-0.25, -0.2) is 9.97 Å². The van der Waals surface area contributed by atoms with Crippen molar-refractivity contribution in [2.24, 2.45) is 0 Å². The molecule has 6 nitrogen and oxygen atoms in total. The molecular weight excluding hydrogens is 340 g/mol. The van der Waals surface area contributed by atoms with Crippen LogP contribution >= 0.6 is 0 Å². The second-order valence-electron chi connectivity index (χ2n) is 6.95. The van der Waals surface area contributed by atoms with E-state index in [4.69, 9.17) is 4.42 Å². The Morgan fingerprint density at radius 2 is 1.93 bits per heavy atom. The molecule has 0 aliphatic carbocycles. The Kier molecular flexibility index (Phi) is 5.05. The molecule has 2 aromatic heterocycles. The summed E-state index contributed by atoms with van der Waals surface area (Å²) >= 11 is 0. The average molecular weight is 364 g/mol. The molecule has 1 N–H and O–H groups in total. The second-order valence-corrected chi connectivity index (χ2v) is 6.95. The summed E-state index contributed by atoms with van der Waals surface area (Å²) < 4.78 is 5.78. The predicted molar refractivity (Wildman–Crippen MR) is 105 cm³/mol. The van der Waals surface area contributed by atoms with Crippen LogP contribution in [0, 0.1) is 6.92 Å². The minimum Gasteiger partial charge on any atom is -0.442 e. The van der Waals surface area contributed by atoms with Crippen molar-refractivity contribution in [2.75, 3.05) is 24.5 Å². The van der Waals surface area contributed by atoms with E-state index in [1.54, 1.807) is 0 Å². The largest absolute Gasteiger partial charge is 0.442 e. The van der Waals surface area contributed by atoms with Gasteiger partial charge in [0.05, 0.1) is 10.9 Å². The molecule has 1 saturated heterocycles. The Morgan fingerprint density at radius 1 is 1.15 bits per heavy atom. The van der Waals surface area contributed by atoms with Crippen LogP contribution in [0.5, 0.6) is 0 Å². The van der Waals surface area contributed by atoms with E-state index in [2.05, 4.69) is 32.3 Å². The van der Waals surface area contributed by atoms with Crippen molar-refractivity contribution in [3.63, 3.8) is 0 Å². The minimum absolute atomic E-state index is 0.129. The van der Waals surface area contributed by atoms with Crippen LogP contribution < -0.4 is 10.2 Å². The number of carbonyl (C=O) groups is 1. The van der Waals surface area contributed by atoms with Crippen molar-refractivity contribution in [1.29, 1.82) is 0 Å². The fourth-order valence-corrected chi connectivity index (χ4v) is 3.70. The maximum absolute atomic E-state index is 12.9. The Morgan fingerprint density at radius 3 is 2.70 bits per heavy atom. The normalized spacial score (nSPS) is 14.5. The molecule has 0 saturated carbocycles. The van der Waals surface area contributed by atoms with Gasteiger partial charge in [-0.1, -0.05) is 30.3 Å². The van der Waals surface area contributed by atoms with Gasteiger partial charge in [0.1, 0.15) is 17.9 Å². The molecule has 0 radical (unpaired) electrons. The number of anilines is 1. The summed E-state index contributed by atoms with van der Waals surface area (Å²) in [6, 6.07) is 10.1. The third-order valence-electron chi connectivity index (χ3n) is 5.07. The third-order valence-corrected chi connectivity index (χ3v) is 5.07. The highest BCUT2D eigenvalue weighted by Crippen LogP contribution is 2.32. The lowest BCUT2D eigenvalue weighted by atomic mass is 10.1. The van der Waals surface area contributed by atoms with Crippen molar-refractivity contribution in [3.05, 3.63) is 53.5 Å². The van der Waals surface area contributed by atoms with Gasteiger partial charge in [-0.2, -0.15) is 0 Å². The maximum atomic E-state index is 12.9. The molecule has 0 unspecified atom stereocenters. The number of carbonyl (C=O) groups excluding carboxylic acids is 1. The molecular formula is C21H24N4O2. The highest BCUT2D eigenvalue weighted by Gasteiger charge is 2.25. The lowest BCUT2D eigenvalue weighted by Crippen LogP contribution is -2.31. The zero-order valence-corrected chi connectivity index (χ0v) is 15.6. The standard InChI is InChI=1S/C21H24N4O2/c1-15-17(20(26)22-11-10-16-8-4-2-5-9-16)18-19(23-14-24-21(18)27-15)25-12-6-3-7-13-25/h2,4-5,8-9,14H,3,6-7,10-13H2,1H3,(H,22,26). The first-order chi connectivity index (χ1) is 13.2. The minimum atomic E-state index is -0.129. The van der Waals surface area contributed by atoms with Crippen LogP contribution in [0.25, 0.3) is 11.1 Å². The monoisotopic (exact) mass is 364 g/mol. The van der Waals surface area contributed by atoms with Crippen LogP contribution in [0.2, 0.25) is 0 Å². The van der Waals surface area contributed by atoms with Crippen molar-refractivity contribution in [1.82, 2.24) is 15.3 Å². The number of rotatable bonds is 5. The number of furan rings is 1. The van der Waals surface area contributed by atoms with Crippen LogP contribution in [0.3, 0.4) is 0 Å². The van der Waals surface area contributed by atoms with Crippen LogP contribution in [0.4, 0.5) is 5.82 Å². The van der Waals surface area contributed by atoms with E-state index >= 15 is 0 Å². The lowest BCUT2D eigenvalue weighted by Gasteiger charge is -2.28. The fraction of sp³-hybridized carbons (Fsp3) is 0.381. The summed E-state index contributed by atoms with van der Waals surface area (Å²) in [5, 5.41) is 3.75. The van der Waals surface area contributed by atoms with Gasteiger partial charge in [-0.05, 0) is 38.2 Å². The first-order valence-electron chi connectivity index (χ1n) is 9.55. The van der Waals surface area contributed by atoms with Gasteiger partial charge < -0.3 is 14.6 Å². The maximum Gasteiger partial charge on any atom is 0.255 e. The topological polar surface area (TPSA) is 71.3 Å². The number of fused-ring (bicyclic) bond motifs is 1. The number of amides is 1. The Balaban J connectivity index is 1.58. The van der Waals surface area contributed by atoms with Crippen LogP contribution in [-0.2, 0) is 6.42 Å². The Hall–Kier alpha value is -2.89. The summed E-state index contributed by atoms with van der Waals surface area (Å²) in [6.07, 6.45) is 5.83. The molecule has 1 amide bonds. The van der Waals surface area contributed by atoms with Gasteiger partial charge in [0, 0.05) is 19.6 Å². The molecule has 3 aromatic rings. The van der Waals surface area contributed by atoms with Gasteiger partial charge in [0.15, 0.2) is 0 Å². The SMILES string of the molecule is Cc1oc2ncnc(N3CCCCC3)c2c1C(=O)NCCc1ccccc1. The molecule has 0 bridgehead atoms. The van der Waals surface area contributed by atoms with Gasteiger partial charge in [0.2, 0.25) is 5.71 Å². The van der Waals surface area contributed by atoms with Gasteiger partial charge in [-0.3, -0.25) is 4.79 Å². The number of aromatic nitrogens is 2. The number of nitrogens with zero attached hydrogens (tertiary/aromatic N) is 3. The fourth-order valence-electron chi connectivity index (χ4n) is 3.70. The lowest BCUT2D eigenvalue weighted by molar-refractivity contribution is 0.0954. The van der Waals surface area contributed by atoms with E-state index in [0.717, 1.165) is 43.6 Å². The van der Waals surface area contributed by atoms with Gasteiger partial charge in [-0.15, -0.1) is 0 Å². The van der Waals surface area contributed by atoms with Crippen molar-refractivity contribution < 1.29 is 9.21 Å². The molecule has 3 heterocycles. The summed E-state index contributed by atoms with van der Waals surface area (Å²) in [7, 11) is 0. The summed E-state index contributed by atoms with van der Waals surface area (Å²) in [5.41, 5.74) is 2.24. The van der Waals surface area contributed by atoms with E-state index in [9.17, 15) is 4.79 Å². The van der Waals surface area contributed by atoms with Gasteiger partial charge >= 0.3 is 0 Å². The first-order valence-corrected chi connectivity index (χ1v) is 9.55. The predicted octanol–water partition coefficient (Wildman–Crippen LogP) is 3.49. The van der Waals surface area contributed by atoms with Crippen LogP contribution in [0.1, 0.15) is 40.9 Å². The average Bonchev–Trinajstić information content (AvgIpc) is 3.05. The van der Waals surface area contributed by atoms with Crippen molar-refractivity contribution >= 4 is 22.8 Å². The van der Waals surface area contributed by atoms with E-state index in [1.165, 1.54) is 18.3 Å².